The normalized spacial score (nSPS) is 11.7. The van der Waals surface area contributed by atoms with Gasteiger partial charge >= 0.3 is 5.97 Å². The second-order valence-corrected chi connectivity index (χ2v) is 6.27. The highest BCUT2D eigenvalue weighted by atomic mass is 16.7. The maximum absolute atomic E-state index is 12.4. The number of nitrogens with one attached hydrogen (secondary N) is 1. The van der Waals surface area contributed by atoms with E-state index in [0.717, 1.165) is 0 Å². The monoisotopic (exact) mass is 398 g/mol. The molecule has 0 aliphatic carbocycles. The third-order valence-corrected chi connectivity index (χ3v) is 4.29. The molecule has 0 spiro atoms. The third kappa shape index (κ3) is 4.84. The van der Waals surface area contributed by atoms with Crippen molar-refractivity contribution < 1.29 is 28.6 Å². The highest BCUT2D eigenvalue weighted by molar-refractivity contribution is 6.02. The molecule has 0 saturated heterocycles. The summed E-state index contributed by atoms with van der Waals surface area (Å²) in [6, 6.07) is 11.8. The van der Waals surface area contributed by atoms with Crippen LogP contribution in [0.1, 0.15) is 30.6 Å². The fourth-order valence-electron chi connectivity index (χ4n) is 2.95. The number of hydrogen-bond donors (Lipinski definition) is 1. The number of para-hydroxylation sites is 1. The Morgan fingerprint density at radius 1 is 1.10 bits per heavy atom. The maximum atomic E-state index is 12.4. The van der Waals surface area contributed by atoms with Crippen LogP contribution in [-0.2, 0) is 14.3 Å². The molecule has 152 valence electrons. The van der Waals surface area contributed by atoms with E-state index in [1.54, 1.807) is 49.4 Å². The van der Waals surface area contributed by atoms with Crippen molar-refractivity contribution >= 4 is 29.2 Å². The second-order valence-electron chi connectivity index (χ2n) is 6.27. The highest BCUT2D eigenvalue weighted by Gasteiger charge is 2.21. The van der Waals surface area contributed by atoms with Crippen molar-refractivity contribution in [1.29, 1.82) is 0 Å². The van der Waals surface area contributed by atoms with E-state index in [1.165, 1.54) is 11.8 Å². The fourth-order valence-corrected chi connectivity index (χ4v) is 2.95. The van der Waals surface area contributed by atoms with Crippen LogP contribution in [0.5, 0.6) is 11.5 Å². The molecule has 0 fully saturated rings. The minimum Gasteiger partial charge on any atom is -0.462 e. The van der Waals surface area contributed by atoms with Gasteiger partial charge in [-0.1, -0.05) is 12.1 Å². The number of nitrogens with zero attached hydrogens (tertiary/aromatic N) is 1. The zero-order valence-electron chi connectivity index (χ0n) is 16.3. The van der Waals surface area contributed by atoms with Crippen molar-refractivity contribution in [2.75, 3.05) is 30.2 Å². The minimum atomic E-state index is -0.515. The molecule has 2 aromatic carbocycles. The molecule has 8 heteroatoms. The highest BCUT2D eigenvalue weighted by Crippen LogP contribution is 2.34. The van der Waals surface area contributed by atoms with Gasteiger partial charge in [-0.05, 0) is 31.2 Å². The molecule has 0 aromatic heterocycles. The Morgan fingerprint density at radius 2 is 1.86 bits per heavy atom. The molecule has 1 aliphatic heterocycles. The van der Waals surface area contributed by atoms with E-state index in [2.05, 4.69) is 5.32 Å². The number of carbonyl (C=O) groups is 3. The maximum Gasteiger partial charge on any atom is 0.340 e. The van der Waals surface area contributed by atoms with E-state index in [9.17, 15) is 14.4 Å². The van der Waals surface area contributed by atoms with Crippen LogP contribution in [0.2, 0.25) is 0 Å². The van der Waals surface area contributed by atoms with Crippen molar-refractivity contribution in [2.45, 2.75) is 20.3 Å². The van der Waals surface area contributed by atoms with Gasteiger partial charge in [0.25, 0.3) is 0 Å². The first-order valence-corrected chi connectivity index (χ1v) is 9.23. The van der Waals surface area contributed by atoms with E-state index in [1.807, 2.05) is 0 Å². The molecule has 0 bridgehead atoms. The van der Waals surface area contributed by atoms with Gasteiger partial charge in [-0.3, -0.25) is 9.59 Å². The lowest BCUT2D eigenvalue weighted by Crippen LogP contribution is -2.33. The van der Waals surface area contributed by atoms with Crippen LogP contribution in [0.4, 0.5) is 11.4 Å². The zero-order chi connectivity index (χ0) is 20.8. The molecule has 1 heterocycles. The van der Waals surface area contributed by atoms with Crippen molar-refractivity contribution in [3.8, 4) is 11.5 Å². The molecule has 0 atom stereocenters. The number of esters is 1. The molecule has 3 rings (SSSR count). The van der Waals surface area contributed by atoms with E-state index >= 15 is 0 Å². The van der Waals surface area contributed by atoms with Crippen LogP contribution in [0, 0.1) is 0 Å². The van der Waals surface area contributed by atoms with Gasteiger partial charge in [0.1, 0.15) is 0 Å². The number of amides is 2. The van der Waals surface area contributed by atoms with E-state index in [-0.39, 0.29) is 43.7 Å². The smallest absolute Gasteiger partial charge is 0.340 e. The Kier molecular flexibility index (Phi) is 6.33. The molecule has 1 aliphatic rings. The number of fused-ring (bicyclic) bond motifs is 1. The largest absolute Gasteiger partial charge is 0.462 e. The summed E-state index contributed by atoms with van der Waals surface area (Å²) < 4.78 is 15.6. The topological polar surface area (TPSA) is 94.2 Å². The molecule has 0 saturated carbocycles. The number of ether oxygens (including phenoxy) is 3. The molecule has 2 amide bonds. The van der Waals surface area contributed by atoms with Gasteiger partial charge in [0.05, 0.1) is 17.9 Å². The molecular weight excluding hydrogens is 376 g/mol. The number of carbonyl (C=O) groups excluding carboxylic acids is 3. The Balaban J connectivity index is 1.68. The molecular formula is C21H22N2O6. The van der Waals surface area contributed by atoms with Gasteiger partial charge in [0.2, 0.25) is 18.6 Å². The third-order valence-electron chi connectivity index (χ3n) is 4.29. The summed E-state index contributed by atoms with van der Waals surface area (Å²) in [5, 5.41) is 2.77. The summed E-state index contributed by atoms with van der Waals surface area (Å²) in [6.45, 7) is 3.59. The van der Waals surface area contributed by atoms with Crippen LogP contribution < -0.4 is 19.7 Å². The van der Waals surface area contributed by atoms with E-state index in [4.69, 9.17) is 14.2 Å². The number of benzene rings is 2. The summed E-state index contributed by atoms with van der Waals surface area (Å²) in [6.07, 6.45) is 0.0468. The van der Waals surface area contributed by atoms with Crippen LogP contribution in [-0.4, -0.2) is 37.7 Å². The van der Waals surface area contributed by atoms with Gasteiger partial charge < -0.3 is 24.4 Å². The minimum absolute atomic E-state index is 0.0468. The first-order valence-electron chi connectivity index (χ1n) is 9.23. The van der Waals surface area contributed by atoms with Crippen LogP contribution in [0.15, 0.2) is 42.5 Å². The lowest BCUT2D eigenvalue weighted by Gasteiger charge is -2.23. The lowest BCUT2D eigenvalue weighted by molar-refractivity contribution is -0.117. The van der Waals surface area contributed by atoms with Gasteiger partial charge in [0, 0.05) is 31.6 Å². The standard InChI is InChI=1S/C21H22N2O6/c1-3-27-21(26)16-6-4-5-7-17(16)23(14(2)24)11-10-20(25)22-15-8-9-18-19(12-15)29-13-28-18/h4-9,12H,3,10-11,13H2,1-2H3,(H,22,25). The van der Waals surface area contributed by atoms with Crippen molar-refractivity contribution in [3.63, 3.8) is 0 Å². The van der Waals surface area contributed by atoms with Gasteiger partial charge in [0.15, 0.2) is 11.5 Å². The van der Waals surface area contributed by atoms with Crippen molar-refractivity contribution in [1.82, 2.24) is 0 Å². The predicted octanol–water partition coefficient (Wildman–Crippen LogP) is 2.97. The lowest BCUT2D eigenvalue weighted by atomic mass is 10.1. The fraction of sp³-hybridized carbons (Fsp3) is 0.286. The Labute approximate surface area is 168 Å². The second kappa shape index (κ2) is 9.09. The average molecular weight is 398 g/mol. The SMILES string of the molecule is CCOC(=O)c1ccccc1N(CCC(=O)Nc1ccc2c(c1)OCO2)C(C)=O. The van der Waals surface area contributed by atoms with E-state index < -0.39 is 5.97 Å². The Bertz CT molecular complexity index is 927. The van der Waals surface area contributed by atoms with E-state index in [0.29, 0.717) is 22.9 Å². The summed E-state index contributed by atoms with van der Waals surface area (Å²) in [4.78, 5) is 38.2. The Hall–Kier alpha value is -3.55. The first kappa shape index (κ1) is 20.2. The molecule has 0 unspecified atom stereocenters. The molecule has 2 aromatic rings. The van der Waals surface area contributed by atoms with Crippen LogP contribution in [0.3, 0.4) is 0 Å². The average Bonchev–Trinajstić information content (AvgIpc) is 3.16. The number of hydrogen-bond acceptors (Lipinski definition) is 6. The molecule has 1 N–H and O–H groups in total. The summed E-state index contributed by atoms with van der Waals surface area (Å²) >= 11 is 0. The molecule has 29 heavy (non-hydrogen) atoms. The van der Waals surface area contributed by atoms with Crippen molar-refractivity contribution in [3.05, 3.63) is 48.0 Å². The summed E-state index contributed by atoms with van der Waals surface area (Å²) in [5.74, 6) is 0.123. The zero-order valence-corrected chi connectivity index (χ0v) is 16.3. The van der Waals surface area contributed by atoms with Crippen LogP contribution >= 0.6 is 0 Å². The van der Waals surface area contributed by atoms with Gasteiger partial charge in [-0.15, -0.1) is 0 Å². The summed E-state index contributed by atoms with van der Waals surface area (Å²) in [5.41, 5.74) is 1.26. The molecule has 8 nitrogen and oxygen atoms in total. The van der Waals surface area contributed by atoms with Crippen molar-refractivity contribution in [2.24, 2.45) is 0 Å². The first-order chi connectivity index (χ1) is 14.0. The Morgan fingerprint density at radius 3 is 2.62 bits per heavy atom. The number of anilines is 2. The summed E-state index contributed by atoms with van der Waals surface area (Å²) in [7, 11) is 0. The predicted molar refractivity (Wildman–Crippen MR) is 106 cm³/mol. The van der Waals surface area contributed by atoms with Gasteiger partial charge in [-0.2, -0.15) is 0 Å². The molecule has 0 radical (unpaired) electrons. The number of rotatable bonds is 7. The quantitative estimate of drug-likeness (QED) is 0.721. The van der Waals surface area contributed by atoms with Gasteiger partial charge in [-0.25, -0.2) is 4.79 Å². The van der Waals surface area contributed by atoms with Crippen LogP contribution in [0.25, 0.3) is 0 Å².